The van der Waals surface area contributed by atoms with Crippen LogP contribution in [0.3, 0.4) is 0 Å². The molecule has 0 saturated heterocycles. The number of aromatic carboxylic acids is 1. The minimum atomic E-state index is -1.35. The molecule has 0 bridgehead atoms. The number of halogens is 3. The van der Waals surface area contributed by atoms with Crippen LogP contribution in [0.25, 0.3) is 10.9 Å². The summed E-state index contributed by atoms with van der Waals surface area (Å²) in [5.74, 6) is -1.35. The molecule has 1 fully saturated rings. The molecule has 0 spiro atoms. The third-order valence-electron chi connectivity index (χ3n) is 3.35. The van der Waals surface area contributed by atoms with Crippen molar-refractivity contribution < 1.29 is 14.3 Å². The van der Waals surface area contributed by atoms with Gasteiger partial charge in [-0.1, -0.05) is 23.2 Å². The van der Waals surface area contributed by atoms with Crippen molar-refractivity contribution in [3.63, 3.8) is 0 Å². The molecule has 20 heavy (non-hydrogen) atoms. The molecule has 1 aromatic heterocycles. The highest BCUT2D eigenvalue weighted by Gasteiger charge is 2.40. The first-order valence-electron chi connectivity index (χ1n) is 5.82. The van der Waals surface area contributed by atoms with E-state index in [0.717, 1.165) is 6.20 Å². The predicted octanol–water partition coefficient (Wildman–Crippen LogP) is 3.29. The molecule has 1 aliphatic rings. The maximum absolute atomic E-state index is 13.3. The Bertz CT molecular complexity index is 802. The van der Waals surface area contributed by atoms with Gasteiger partial charge in [0.05, 0.1) is 21.6 Å². The van der Waals surface area contributed by atoms with Crippen molar-refractivity contribution in [1.29, 1.82) is 0 Å². The summed E-state index contributed by atoms with van der Waals surface area (Å²) in [6, 6.07) is 2.32. The summed E-state index contributed by atoms with van der Waals surface area (Å²) >= 11 is 12.0. The van der Waals surface area contributed by atoms with Crippen molar-refractivity contribution in [1.82, 2.24) is 4.57 Å². The quantitative estimate of drug-likeness (QED) is 0.925. The van der Waals surface area contributed by atoms with Gasteiger partial charge in [-0.2, -0.15) is 0 Å². The second-order valence-electron chi connectivity index (χ2n) is 4.66. The molecule has 0 amide bonds. The van der Waals surface area contributed by atoms with E-state index in [1.165, 1.54) is 16.7 Å². The summed E-state index contributed by atoms with van der Waals surface area (Å²) in [5.41, 5.74) is -0.785. The van der Waals surface area contributed by atoms with Crippen LogP contribution in [0, 0.1) is 0 Å². The highest BCUT2D eigenvalue weighted by Crippen LogP contribution is 2.42. The standard InChI is InChI=1S/C13H8Cl2FNO3/c14-7-2-1-5-11(10(7)15)17(9-3-8(9)16)4-6(12(5)18)13(19)20/h1-2,4,8-9H,3H2,(H,19,20). The molecule has 2 atom stereocenters. The number of benzene rings is 1. The van der Waals surface area contributed by atoms with Gasteiger partial charge in [-0.15, -0.1) is 0 Å². The van der Waals surface area contributed by atoms with E-state index in [4.69, 9.17) is 28.3 Å². The zero-order valence-electron chi connectivity index (χ0n) is 9.94. The lowest BCUT2D eigenvalue weighted by atomic mass is 10.1. The maximum atomic E-state index is 13.3. The van der Waals surface area contributed by atoms with Crippen molar-refractivity contribution in [2.45, 2.75) is 18.6 Å². The van der Waals surface area contributed by atoms with Crippen LogP contribution in [-0.4, -0.2) is 21.8 Å². The fraction of sp³-hybridized carbons (Fsp3) is 0.231. The molecule has 2 unspecified atom stereocenters. The van der Waals surface area contributed by atoms with Gasteiger partial charge in [0, 0.05) is 18.0 Å². The number of fused-ring (bicyclic) bond motifs is 1. The van der Waals surface area contributed by atoms with E-state index in [9.17, 15) is 14.0 Å². The number of hydrogen-bond donors (Lipinski definition) is 1. The van der Waals surface area contributed by atoms with E-state index in [1.54, 1.807) is 0 Å². The van der Waals surface area contributed by atoms with E-state index >= 15 is 0 Å². The molecule has 1 aliphatic carbocycles. The number of aromatic nitrogens is 1. The van der Waals surface area contributed by atoms with E-state index in [0.29, 0.717) is 0 Å². The van der Waals surface area contributed by atoms with Gasteiger partial charge in [0.1, 0.15) is 11.7 Å². The van der Waals surface area contributed by atoms with Crippen LogP contribution in [0.2, 0.25) is 10.0 Å². The Kier molecular flexibility index (Phi) is 2.99. The molecule has 1 saturated carbocycles. The van der Waals surface area contributed by atoms with Crippen LogP contribution < -0.4 is 5.43 Å². The lowest BCUT2D eigenvalue weighted by Gasteiger charge is -2.13. The minimum Gasteiger partial charge on any atom is -0.477 e. The molecular formula is C13H8Cl2FNO3. The van der Waals surface area contributed by atoms with Gasteiger partial charge < -0.3 is 9.67 Å². The van der Waals surface area contributed by atoms with Crippen molar-refractivity contribution in [3.05, 3.63) is 44.2 Å². The Morgan fingerprint density at radius 3 is 2.60 bits per heavy atom. The van der Waals surface area contributed by atoms with Crippen LogP contribution in [-0.2, 0) is 0 Å². The SMILES string of the molecule is O=C(O)c1cn(C2CC2F)c2c(Cl)c(Cl)ccc2c1=O. The largest absolute Gasteiger partial charge is 0.477 e. The molecule has 0 radical (unpaired) electrons. The topological polar surface area (TPSA) is 59.3 Å². The summed E-state index contributed by atoms with van der Waals surface area (Å²) in [7, 11) is 0. The van der Waals surface area contributed by atoms with Crippen LogP contribution in [0.15, 0.2) is 23.1 Å². The van der Waals surface area contributed by atoms with Crippen LogP contribution in [0.5, 0.6) is 0 Å². The third-order valence-corrected chi connectivity index (χ3v) is 4.15. The molecule has 1 aromatic carbocycles. The zero-order chi connectivity index (χ0) is 14.6. The summed E-state index contributed by atoms with van der Waals surface area (Å²) in [6.07, 6.45) is 0.330. The molecule has 1 N–H and O–H groups in total. The Labute approximate surface area is 122 Å². The highest BCUT2D eigenvalue weighted by molar-refractivity contribution is 6.45. The van der Waals surface area contributed by atoms with E-state index < -0.39 is 29.2 Å². The van der Waals surface area contributed by atoms with Gasteiger partial charge >= 0.3 is 5.97 Å². The van der Waals surface area contributed by atoms with E-state index in [2.05, 4.69) is 0 Å². The Hall–Kier alpha value is -1.59. The Morgan fingerprint density at radius 1 is 1.40 bits per heavy atom. The van der Waals surface area contributed by atoms with Crippen LogP contribution in [0.4, 0.5) is 4.39 Å². The number of carboxylic acid groups (broad SMARTS) is 1. The van der Waals surface area contributed by atoms with Gasteiger partial charge in [0.25, 0.3) is 0 Å². The van der Waals surface area contributed by atoms with Gasteiger partial charge in [-0.05, 0) is 12.1 Å². The zero-order valence-corrected chi connectivity index (χ0v) is 11.5. The maximum Gasteiger partial charge on any atom is 0.341 e. The summed E-state index contributed by atoms with van der Waals surface area (Å²) in [4.78, 5) is 23.2. The second kappa shape index (κ2) is 4.46. The van der Waals surface area contributed by atoms with Gasteiger partial charge in [0.2, 0.25) is 5.43 Å². The third kappa shape index (κ3) is 1.89. The number of carbonyl (C=O) groups is 1. The van der Waals surface area contributed by atoms with Gasteiger partial charge in [-0.3, -0.25) is 4.79 Å². The smallest absolute Gasteiger partial charge is 0.341 e. The number of carboxylic acids is 1. The average Bonchev–Trinajstić information content (AvgIpc) is 3.11. The summed E-state index contributed by atoms with van der Waals surface area (Å²) < 4.78 is 14.7. The lowest BCUT2D eigenvalue weighted by Crippen LogP contribution is -2.19. The first-order chi connectivity index (χ1) is 9.41. The Morgan fingerprint density at radius 2 is 2.05 bits per heavy atom. The van der Waals surface area contributed by atoms with E-state index in [1.807, 2.05) is 0 Å². The molecule has 2 aromatic rings. The van der Waals surface area contributed by atoms with Crippen molar-refractivity contribution >= 4 is 40.1 Å². The Balaban J connectivity index is 2.45. The van der Waals surface area contributed by atoms with Gasteiger partial charge in [0.15, 0.2) is 0 Å². The highest BCUT2D eigenvalue weighted by atomic mass is 35.5. The van der Waals surface area contributed by atoms with E-state index in [-0.39, 0.29) is 27.4 Å². The number of hydrogen-bond acceptors (Lipinski definition) is 2. The van der Waals surface area contributed by atoms with Gasteiger partial charge in [-0.25, -0.2) is 9.18 Å². The molecule has 4 nitrogen and oxygen atoms in total. The second-order valence-corrected chi connectivity index (χ2v) is 5.45. The van der Waals surface area contributed by atoms with Crippen molar-refractivity contribution in [2.24, 2.45) is 0 Å². The molecule has 1 heterocycles. The minimum absolute atomic E-state index is 0.123. The molecule has 0 aliphatic heterocycles. The summed E-state index contributed by atoms with van der Waals surface area (Å²) in [5, 5.41) is 9.55. The average molecular weight is 316 g/mol. The molecular weight excluding hydrogens is 308 g/mol. The normalized spacial score (nSPS) is 21.1. The first kappa shape index (κ1) is 13.4. The number of alkyl halides is 1. The van der Waals surface area contributed by atoms with Crippen LogP contribution >= 0.6 is 23.2 Å². The number of rotatable bonds is 2. The molecule has 3 rings (SSSR count). The van der Waals surface area contributed by atoms with Crippen molar-refractivity contribution in [2.75, 3.05) is 0 Å². The lowest BCUT2D eigenvalue weighted by molar-refractivity contribution is 0.0694. The fourth-order valence-electron chi connectivity index (χ4n) is 2.24. The number of pyridine rings is 1. The number of nitrogens with zero attached hydrogens (tertiary/aromatic N) is 1. The van der Waals surface area contributed by atoms with Crippen molar-refractivity contribution in [3.8, 4) is 0 Å². The van der Waals surface area contributed by atoms with Crippen LogP contribution in [0.1, 0.15) is 22.8 Å². The molecule has 7 heteroatoms. The molecule has 104 valence electrons. The fourth-order valence-corrected chi connectivity index (χ4v) is 2.65. The summed E-state index contributed by atoms with van der Waals surface area (Å²) in [6.45, 7) is 0. The first-order valence-corrected chi connectivity index (χ1v) is 6.57. The monoisotopic (exact) mass is 315 g/mol. The predicted molar refractivity (Wildman–Crippen MR) is 73.7 cm³/mol.